The number of aryl methyl sites for hydroxylation is 2. The molecule has 6 nitrogen and oxygen atoms in total. The predicted molar refractivity (Wildman–Crippen MR) is 90.4 cm³/mol. The zero-order chi connectivity index (χ0) is 16.2. The van der Waals surface area contributed by atoms with E-state index in [0.717, 1.165) is 24.4 Å². The molecule has 0 spiro atoms. The van der Waals surface area contributed by atoms with Gasteiger partial charge in [0, 0.05) is 12.1 Å². The number of hydrogen-bond donors (Lipinski definition) is 1. The molecule has 23 heavy (non-hydrogen) atoms. The molecule has 3 rings (SSSR count). The fraction of sp³-hybridized carbons (Fsp3) is 0.500. The van der Waals surface area contributed by atoms with E-state index in [-0.39, 0.29) is 5.91 Å². The van der Waals surface area contributed by atoms with Crippen molar-refractivity contribution in [3.63, 3.8) is 0 Å². The van der Waals surface area contributed by atoms with Gasteiger partial charge in [-0.05, 0) is 57.5 Å². The summed E-state index contributed by atoms with van der Waals surface area (Å²) in [7, 11) is 2.15. The number of carbonyl (C=O) groups excluding carboxylic acids is 1. The Balaban J connectivity index is 1.63. The Morgan fingerprint density at radius 2 is 2.35 bits per heavy atom. The van der Waals surface area contributed by atoms with E-state index < -0.39 is 0 Å². The molecule has 1 aliphatic heterocycles. The van der Waals surface area contributed by atoms with Gasteiger partial charge < -0.3 is 5.32 Å². The summed E-state index contributed by atoms with van der Waals surface area (Å²) in [5.74, 6) is -0.0317. The number of pyridine rings is 1. The van der Waals surface area contributed by atoms with Crippen LogP contribution in [0.2, 0.25) is 0 Å². The monoisotopic (exact) mass is 331 g/mol. The van der Waals surface area contributed by atoms with Crippen LogP contribution in [0.1, 0.15) is 42.3 Å². The van der Waals surface area contributed by atoms with Crippen LogP contribution in [-0.4, -0.2) is 39.6 Å². The maximum absolute atomic E-state index is 12.0. The lowest BCUT2D eigenvalue weighted by atomic mass is 10.0. The van der Waals surface area contributed by atoms with E-state index in [1.54, 1.807) is 5.51 Å². The van der Waals surface area contributed by atoms with Crippen molar-refractivity contribution < 1.29 is 4.79 Å². The largest absolute Gasteiger partial charge is 0.301 e. The zero-order valence-corrected chi connectivity index (χ0v) is 14.3. The van der Waals surface area contributed by atoms with Gasteiger partial charge in [-0.1, -0.05) is 11.3 Å². The second kappa shape index (κ2) is 7.14. The van der Waals surface area contributed by atoms with Crippen molar-refractivity contribution in [3.8, 4) is 0 Å². The minimum Gasteiger partial charge on any atom is -0.301 e. The third kappa shape index (κ3) is 4.11. The van der Waals surface area contributed by atoms with Crippen LogP contribution >= 0.6 is 11.3 Å². The maximum Gasteiger partial charge on any atom is 0.226 e. The molecule has 2 aromatic heterocycles. The van der Waals surface area contributed by atoms with Gasteiger partial charge >= 0.3 is 0 Å². The molecule has 2 aromatic rings. The van der Waals surface area contributed by atoms with Crippen LogP contribution in [0.4, 0.5) is 5.13 Å². The van der Waals surface area contributed by atoms with E-state index in [4.69, 9.17) is 4.98 Å². The molecule has 0 bridgehead atoms. The van der Waals surface area contributed by atoms with Crippen LogP contribution in [0.3, 0.4) is 0 Å². The first-order valence-electron chi connectivity index (χ1n) is 7.85. The first-order valence-corrected chi connectivity index (χ1v) is 8.73. The van der Waals surface area contributed by atoms with Crippen LogP contribution in [0.5, 0.6) is 0 Å². The van der Waals surface area contributed by atoms with Crippen LogP contribution in [0.15, 0.2) is 17.6 Å². The average molecular weight is 331 g/mol. The van der Waals surface area contributed by atoms with Gasteiger partial charge in [-0.2, -0.15) is 0 Å². The summed E-state index contributed by atoms with van der Waals surface area (Å²) in [6.45, 7) is 3.14. The number of hydrogen-bond acceptors (Lipinski definition) is 6. The predicted octanol–water partition coefficient (Wildman–Crippen LogP) is 2.58. The molecular weight excluding hydrogens is 310 g/mol. The normalized spacial score (nSPS) is 18.3. The minimum absolute atomic E-state index is 0.0317. The molecule has 0 unspecified atom stereocenters. The number of aromatic nitrogens is 3. The van der Waals surface area contributed by atoms with Crippen molar-refractivity contribution in [1.82, 2.24) is 20.1 Å². The second-order valence-corrected chi connectivity index (χ2v) is 6.81. The molecule has 122 valence electrons. The Morgan fingerprint density at radius 1 is 1.48 bits per heavy atom. The van der Waals surface area contributed by atoms with Gasteiger partial charge in [0.05, 0.1) is 11.7 Å². The first-order chi connectivity index (χ1) is 11.1. The van der Waals surface area contributed by atoms with Crippen LogP contribution < -0.4 is 5.32 Å². The summed E-state index contributed by atoms with van der Waals surface area (Å²) >= 11 is 1.33. The van der Waals surface area contributed by atoms with E-state index >= 15 is 0 Å². The SMILES string of the molecule is Cc1cc(CCC(=O)Nc2nncs2)cc([C@H]2CCCN2C)n1. The molecule has 0 aliphatic carbocycles. The molecule has 0 saturated carbocycles. The molecule has 1 N–H and O–H groups in total. The van der Waals surface area contributed by atoms with Crippen LogP contribution in [-0.2, 0) is 11.2 Å². The second-order valence-electron chi connectivity index (χ2n) is 5.97. The van der Waals surface area contributed by atoms with Crippen molar-refractivity contribution in [1.29, 1.82) is 0 Å². The van der Waals surface area contributed by atoms with E-state index in [1.807, 2.05) is 6.92 Å². The lowest BCUT2D eigenvalue weighted by Crippen LogP contribution is -2.19. The third-order valence-electron chi connectivity index (χ3n) is 4.14. The minimum atomic E-state index is -0.0317. The van der Waals surface area contributed by atoms with Gasteiger partial charge in [0.2, 0.25) is 11.0 Å². The first kappa shape index (κ1) is 16.0. The van der Waals surface area contributed by atoms with Crippen molar-refractivity contribution in [2.24, 2.45) is 0 Å². The Labute approximate surface area is 140 Å². The quantitative estimate of drug-likeness (QED) is 0.912. The lowest BCUT2D eigenvalue weighted by Gasteiger charge is -2.20. The van der Waals surface area contributed by atoms with Gasteiger partial charge in [-0.3, -0.25) is 14.7 Å². The summed E-state index contributed by atoms with van der Waals surface area (Å²) < 4.78 is 0. The number of rotatable bonds is 5. The van der Waals surface area contributed by atoms with E-state index in [1.165, 1.54) is 23.3 Å². The lowest BCUT2D eigenvalue weighted by molar-refractivity contribution is -0.116. The maximum atomic E-state index is 12.0. The summed E-state index contributed by atoms with van der Waals surface area (Å²) in [6, 6.07) is 4.62. The molecule has 1 aliphatic rings. The van der Waals surface area contributed by atoms with Gasteiger partial charge in [-0.15, -0.1) is 10.2 Å². The van der Waals surface area contributed by atoms with E-state index in [2.05, 4.69) is 39.6 Å². The fourth-order valence-corrected chi connectivity index (χ4v) is 3.50. The van der Waals surface area contributed by atoms with Crippen LogP contribution in [0, 0.1) is 6.92 Å². The van der Waals surface area contributed by atoms with Crippen molar-refractivity contribution in [2.75, 3.05) is 18.9 Å². The number of nitrogens with zero attached hydrogens (tertiary/aromatic N) is 4. The number of amides is 1. The molecule has 7 heteroatoms. The standard InChI is InChI=1S/C16H21N5OS/c1-11-8-12(5-6-15(22)19-16-20-17-10-23-16)9-13(18-11)14-4-3-7-21(14)2/h8-10,14H,3-7H2,1-2H3,(H,19,20,22)/t14-/m1/s1. The molecule has 0 radical (unpaired) electrons. The molecule has 3 heterocycles. The molecule has 1 saturated heterocycles. The Hall–Kier alpha value is -1.86. The van der Waals surface area contributed by atoms with Gasteiger partial charge in [0.15, 0.2) is 0 Å². The highest BCUT2D eigenvalue weighted by molar-refractivity contribution is 7.13. The highest BCUT2D eigenvalue weighted by Crippen LogP contribution is 2.29. The zero-order valence-electron chi connectivity index (χ0n) is 13.5. The summed E-state index contributed by atoms with van der Waals surface area (Å²) in [5.41, 5.74) is 4.92. The summed E-state index contributed by atoms with van der Waals surface area (Å²) in [4.78, 5) is 19.0. The average Bonchev–Trinajstić information content (AvgIpc) is 3.16. The fourth-order valence-electron chi connectivity index (χ4n) is 3.03. The van der Waals surface area contributed by atoms with Crippen molar-refractivity contribution in [2.45, 2.75) is 38.6 Å². The van der Waals surface area contributed by atoms with Gasteiger partial charge in [0.25, 0.3) is 0 Å². The summed E-state index contributed by atoms with van der Waals surface area (Å²) in [5, 5.41) is 10.8. The molecular formula is C16H21N5OS. The molecule has 1 atom stereocenters. The van der Waals surface area contributed by atoms with Crippen molar-refractivity contribution in [3.05, 3.63) is 34.6 Å². The molecule has 0 aromatic carbocycles. The Bertz CT molecular complexity index is 673. The van der Waals surface area contributed by atoms with E-state index in [0.29, 0.717) is 24.0 Å². The van der Waals surface area contributed by atoms with Crippen molar-refractivity contribution >= 4 is 22.4 Å². The highest BCUT2D eigenvalue weighted by atomic mass is 32.1. The number of likely N-dealkylation sites (tertiary alicyclic amines) is 1. The van der Waals surface area contributed by atoms with Gasteiger partial charge in [-0.25, -0.2) is 0 Å². The number of carbonyl (C=O) groups is 1. The Morgan fingerprint density at radius 3 is 3.04 bits per heavy atom. The summed E-state index contributed by atoms with van der Waals surface area (Å²) in [6.07, 6.45) is 3.51. The molecule has 1 amide bonds. The smallest absolute Gasteiger partial charge is 0.226 e. The van der Waals surface area contributed by atoms with E-state index in [9.17, 15) is 4.79 Å². The van der Waals surface area contributed by atoms with Gasteiger partial charge in [0.1, 0.15) is 5.51 Å². The van der Waals surface area contributed by atoms with Crippen LogP contribution in [0.25, 0.3) is 0 Å². The topological polar surface area (TPSA) is 71.0 Å². The third-order valence-corrected chi connectivity index (χ3v) is 4.75. The Kier molecular flexibility index (Phi) is 4.97. The number of anilines is 1. The highest BCUT2D eigenvalue weighted by Gasteiger charge is 2.24. The molecule has 1 fully saturated rings. The number of nitrogens with one attached hydrogen (secondary N) is 1.